The zero-order valence-corrected chi connectivity index (χ0v) is 13.2. The Morgan fingerprint density at radius 1 is 0.900 bits per heavy atom. The average molecular weight is 282 g/mol. The van der Waals surface area contributed by atoms with Crippen LogP contribution in [0.4, 0.5) is 0 Å². The molecule has 2 atom stereocenters. The largest absolute Gasteiger partial charge is 0.548 e. The van der Waals surface area contributed by atoms with E-state index < -0.39 is 5.97 Å². The van der Waals surface area contributed by atoms with Gasteiger partial charge in [0.25, 0.3) is 0 Å². The van der Waals surface area contributed by atoms with Crippen molar-refractivity contribution in [2.24, 2.45) is 0 Å². The van der Waals surface area contributed by atoms with Gasteiger partial charge in [0.15, 0.2) is 0 Å². The number of carbonyl (C=O) groups is 1. The Morgan fingerprint density at radius 3 is 1.75 bits per heavy atom. The number of hydrogen-bond donors (Lipinski definition) is 0. The lowest BCUT2D eigenvalue weighted by molar-refractivity contribution is -0.305. The normalized spacial score (nSPS) is 21.1. The second-order valence-electron chi connectivity index (χ2n) is 6.22. The summed E-state index contributed by atoms with van der Waals surface area (Å²) in [4.78, 5) is 12.5. The quantitative estimate of drug-likeness (QED) is 0.363. The zero-order valence-electron chi connectivity index (χ0n) is 13.2. The minimum absolute atomic E-state index is 0.275. The van der Waals surface area contributed by atoms with Crippen LogP contribution in [-0.2, 0) is 4.79 Å². The predicted molar refractivity (Wildman–Crippen MR) is 81.4 cm³/mol. The van der Waals surface area contributed by atoms with Crippen molar-refractivity contribution in [1.29, 1.82) is 0 Å². The Balaban J connectivity index is 1.70. The third-order valence-electron chi connectivity index (χ3n) is 4.29. The summed E-state index contributed by atoms with van der Waals surface area (Å²) in [6.45, 7) is 3.91. The first-order valence-corrected chi connectivity index (χ1v) is 8.70. The Kier molecular flexibility index (Phi) is 9.73. The van der Waals surface area contributed by atoms with E-state index in [4.69, 9.17) is 0 Å². The molecule has 0 aromatic carbocycles. The van der Waals surface area contributed by atoms with Gasteiger partial charge in [-0.3, -0.25) is 4.90 Å². The van der Waals surface area contributed by atoms with Crippen molar-refractivity contribution in [2.45, 2.75) is 90.0 Å². The number of hydrogen-bond acceptors (Lipinski definition) is 3. The third-order valence-corrected chi connectivity index (χ3v) is 4.29. The molecule has 118 valence electrons. The van der Waals surface area contributed by atoms with Gasteiger partial charge in [0.05, 0.1) is 12.0 Å². The second kappa shape index (κ2) is 11.1. The van der Waals surface area contributed by atoms with Crippen molar-refractivity contribution in [3.63, 3.8) is 0 Å². The van der Waals surface area contributed by atoms with Gasteiger partial charge in [-0.05, 0) is 13.0 Å². The van der Waals surface area contributed by atoms with E-state index in [9.17, 15) is 9.90 Å². The van der Waals surface area contributed by atoms with E-state index in [-0.39, 0.29) is 6.04 Å². The van der Waals surface area contributed by atoms with E-state index in [1.165, 1.54) is 70.6 Å². The highest BCUT2D eigenvalue weighted by Gasteiger charge is 2.33. The second-order valence-corrected chi connectivity index (χ2v) is 6.22. The van der Waals surface area contributed by atoms with Crippen LogP contribution in [0.3, 0.4) is 0 Å². The lowest BCUT2D eigenvalue weighted by Gasteiger charge is -2.05. The highest BCUT2D eigenvalue weighted by atomic mass is 16.4. The number of nitrogens with zero attached hydrogens (tertiary/aromatic N) is 1. The van der Waals surface area contributed by atoms with Crippen LogP contribution in [0.1, 0.15) is 84.0 Å². The van der Waals surface area contributed by atoms with Crippen LogP contribution in [0, 0.1) is 0 Å². The van der Waals surface area contributed by atoms with Gasteiger partial charge < -0.3 is 9.90 Å². The van der Waals surface area contributed by atoms with Crippen LogP contribution in [0.25, 0.3) is 0 Å². The molecule has 3 heteroatoms. The maximum atomic E-state index is 10.5. The van der Waals surface area contributed by atoms with Gasteiger partial charge in [-0.25, -0.2) is 0 Å². The molecule has 0 amide bonds. The van der Waals surface area contributed by atoms with Crippen molar-refractivity contribution >= 4 is 5.97 Å². The maximum Gasteiger partial charge on any atom is 0.0622 e. The van der Waals surface area contributed by atoms with Crippen molar-refractivity contribution in [3.05, 3.63) is 0 Å². The lowest BCUT2D eigenvalue weighted by atomic mass is 10.1. The summed E-state index contributed by atoms with van der Waals surface area (Å²) in [6, 6.07) is -0.275. The molecule has 0 aliphatic carbocycles. The van der Waals surface area contributed by atoms with E-state index in [1.54, 1.807) is 0 Å². The molecule has 0 bridgehead atoms. The molecule has 2 unspecified atom stereocenters. The Morgan fingerprint density at radius 2 is 1.35 bits per heavy atom. The van der Waals surface area contributed by atoms with E-state index in [0.717, 1.165) is 13.0 Å². The van der Waals surface area contributed by atoms with Gasteiger partial charge in [-0.15, -0.1) is 0 Å². The van der Waals surface area contributed by atoms with Crippen LogP contribution >= 0.6 is 0 Å². The van der Waals surface area contributed by atoms with Crippen molar-refractivity contribution < 1.29 is 9.90 Å². The first-order valence-electron chi connectivity index (χ1n) is 8.70. The van der Waals surface area contributed by atoms with Gasteiger partial charge >= 0.3 is 0 Å². The molecule has 3 nitrogen and oxygen atoms in total. The number of carboxylic acids is 1. The summed E-state index contributed by atoms with van der Waals surface area (Å²) in [5.41, 5.74) is 0. The van der Waals surface area contributed by atoms with Crippen LogP contribution in [0.15, 0.2) is 0 Å². The zero-order chi connectivity index (χ0) is 14.6. The first kappa shape index (κ1) is 17.5. The first-order chi connectivity index (χ1) is 9.75. The lowest BCUT2D eigenvalue weighted by Crippen LogP contribution is -2.30. The summed E-state index contributed by atoms with van der Waals surface area (Å²) < 4.78 is 0. The third kappa shape index (κ3) is 8.57. The summed E-state index contributed by atoms with van der Waals surface area (Å²) in [7, 11) is 0. The standard InChI is InChI=1S/C17H33NO2/c1-2-3-4-5-6-7-8-9-10-11-12-13-14-18-15-16(18)17(19)20/h16H,2-15H2,1H3,(H,19,20)/p-1. The van der Waals surface area contributed by atoms with Crippen LogP contribution < -0.4 is 5.11 Å². The highest BCUT2D eigenvalue weighted by molar-refractivity contribution is 5.74. The maximum absolute atomic E-state index is 10.5. The molecule has 1 aliphatic heterocycles. The summed E-state index contributed by atoms with van der Waals surface area (Å²) in [5, 5.41) is 10.5. The number of aliphatic carboxylic acids is 1. The summed E-state index contributed by atoms with van der Waals surface area (Å²) in [5.74, 6) is -0.899. The average Bonchev–Trinajstić information content (AvgIpc) is 3.20. The molecular weight excluding hydrogens is 250 g/mol. The Hall–Kier alpha value is -0.570. The van der Waals surface area contributed by atoms with Crippen molar-refractivity contribution in [2.75, 3.05) is 13.1 Å². The number of unbranched alkanes of at least 4 members (excludes halogenated alkanes) is 11. The van der Waals surface area contributed by atoms with E-state index in [2.05, 4.69) is 6.92 Å². The van der Waals surface area contributed by atoms with E-state index in [0.29, 0.717) is 6.54 Å². The SMILES string of the molecule is CCCCCCCCCCCCCCN1CC1C(=O)[O-]. The molecule has 0 N–H and O–H groups in total. The highest BCUT2D eigenvalue weighted by Crippen LogP contribution is 2.18. The Labute approximate surface area is 124 Å². The predicted octanol–water partition coefficient (Wildman–Crippen LogP) is 3.12. The summed E-state index contributed by atoms with van der Waals surface area (Å²) in [6.07, 6.45) is 16.2. The molecular formula is C17H32NO2-. The summed E-state index contributed by atoms with van der Waals surface area (Å²) >= 11 is 0. The molecule has 1 rings (SSSR count). The van der Waals surface area contributed by atoms with Gasteiger partial charge in [0, 0.05) is 6.54 Å². The molecule has 0 radical (unpaired) electrons. The van der Waals surface area contributed by atoms with Gasteiger partial charge in [0.1, 0.15) is 0 Å². The molecule has 0 saturated carbocycles. The fourth-order valence-corrected chi connectivity index (χ4v) is 2.80. The topological polar surface area (TPSA) is 43.1 Å². The number of carbonyl (C=O) groups excluding carboxylic acids is 1. The number of rotatable bonds is 14. The van der Waals surface area contributed by atoms with Crippen molar-refractivity contribution in [3.8, 4) is 0 Å². The fraction of sp³-hybridized carbons (Fsp3) is 0.941. The minimum atomic E-state index is -0.899. The van der Waals surface area contributed by atoms with E-state index >= 15 is 0 Å². The monoisotopic (exact) mass is 282 g/mol. The molecule has 20 heavy (non-hydrogen) atoms. The minimum Gasteiger partial charge on any atom is -0.548 e. The molecule has 0 aromatic rings. The molecule has 0 spiro atoms. The van der Waals surface area contributed by atoms with Gasteiger partial charge in [-0.1, -0.05) is 77.6 Å². The van der Waals surface area contributed by atoms with Crippen molar-refractivity contribution in [1.82, 2.24) is 4.90 Å². The fourth-order valence-electron chi connectivity index (χ4n) is 2.80. The molecule has 0 aromatic heterocycles. The van der Waals surface area contributed by atoms with Gasteiger partial charge in [-0.2, -0.15) is 0 Å². The van der Waals surface area contributed by atoms with Gasteiger partial charge in [0.2, 0.25) is 0 Å². The number of carboxylic acid groups (broad SMARTS) is 1. The van der Waals surface area contributed by atoms with Crippen LogP contribution in [0.2, 0.25) is 0 Å². The van der Waals surface area contributed by atoms with Crippen LogP contribution in [0.5, 0.6) is 0 Å². The smallest absolute Gasteiger partial charge is 0.0622 e. The van der Waals surface area contributed by atoms with Crippen LogP contribution in [-0.4, -0.2) is 30.0 Å². The molecule has 1 saturated heterocycles. The molecule has 1 fully saturated rings. The molecule has 1 aliphatic rings. The Bertz CT molecular complexity index is 255. The molecule has 1 heterocycles. The van der Waals surface area contributed by atoms with E-state index in [1.807, 2.05) is 4.90 Å².